The zero-order valence-corrected chi connectivity index (χ0v) is 17.8. The molecule has 2 N–H and O–H groups in total. The lowest BCUT2D eigenvalue weighted by molar-refractivity contribution is -0.142. The second kappa shape index (κ2) is 10.1. The fraction of sp³-hybridized carbons (Fsp3) is 0.636. The van der Waals surface area contributed by atoms with Crippen LogP contribution >= 0.6 is 11.6 Å². The number of nitrogens with one attached hydrogen (secondary N) is 1. The molecule has 156 valence electrons. The maximum absolute atomic E-state index is 12.1. The van der Waals surface area contributed by atoms with E-state index >= 15 is 0 Å². The number of carboxylic acids is 1. The first-order chi connectivity index (χ1) is 13.2. The van der Waals surface area contributed by atoms with Gasteiger partial charge in [0.2, 0.25) is 5.91 Å². The van der Waals surface area contributed by atoms with Gasteiger partial charge in [0, 0.05) is 23.0 Å². The van der Waals surface area contributed by atoms with Gasteiger partial charge in [-0.25, -0.2) is 0 Å². The minimum atomic E-state index is -0.722. The number of carbonyl (C=O) groups excluding carboxylic acids is 1. The maximum Gasteiger partial charge on any atom is 0.306 e. The molecule has 1 saturated carbocycles. The summed E-state index contributed by atoms with van der Waals surface area (Å²) >= 11 is 6.12. The van der Waals surface area contributed by atoms with Crippen molar-refractivity contribution < 1.29 is 19.4 Å². The molecule has 1 aliphatic carbocycles. The van der Waals surface area contributed by atoms with Crippen LogP contribution in [0.1, 0.15) is 71.3 Å². The molecule has 1 aliphatic rings. The normalized spacial score (nSPS) is 19.9. The third kappa shape index (κ3) is 7.01. The molecule has 0 spiro atoms. The standard InChI is InChI=1S/C22H32ClNO4/c1-22(2,3)18-14-16(23)9-12-19(18)28-13-5-4-6-20(25)24-17-10-7-15(8-11-17)21(26)27/h9,12,14-15,17H,4-8,10-11,13H2,1-3H3,(H,24,25)(H,26,27). The number of carbonyl (C=O) groups is 2. The SMILES string of the molecule is CC(C)(C)c1cc(Cl)ccc1OCCCCC(=O)NC1CCC(C(=O)O)CC1. The van der Waals surface area contributed by atoms with E-state index in [1.165, 1.54) is 0 Å². The lowest BCUT2D eigenvalue weighted by atomic mass is 9.86. The predicted molar refractivity (Wildman–Crippen MR) is 111 cm³/mol. The Morgan fingerprint density at radius 1 is 1.18 bits per heavy atom. The fourth-order valence-electron chi connectivity index (χ4n) is 3.57. The van der Waals surface area contributed by atoms with Crippen LogP contribution in [0, 0.1) is 5.92 Å². The van der Waals surface area contributed by atoms with Crippen LogP contribution in [0.2, 0.25) is 5.02 Å². The molecule has 1 aromatic rings. The number of unbranched alkanes of at least 4 members (excludes halogenated alkanes) is 1. The average molecular weight is 410 g/mol. The number of amides is 1. The quantitative estimate of drug-likeness (QED) is 0.596. The molecule has 2 rings (SSSR count). The number of hydrogen-bond acceptors (Lipinski definition) is 3. The molecule has 1 amide bonds. The van der Waals surface area contributed by atoms with Gasteiger partial charge >= 0.3 is 5.97 Å². The maximum atomic E-state index is 12.1. The highest BCUT2D eigenvalue weighted by Gasteiger charge is 2.26. The number of carboxylic acid groups (broad SMARTS) is 1. The number of hydrogen-bond donors (Lipinski definition) is 2. The van der Waals surface area contributed by atoms with Gasteiger partial charge in [0.05, 0.1) is 12.5 Å². The van der Waals surface area contributed by atoms with Crippen molar-refractivity contribution >= 4 is 23.5 Å². The van der Waals surface area contributed by atoms with Gasteiger partial charge in [0.15, 0.2) is 0 Å². The van der Waals surface area contributed by atoms with Crippen molar-refractivity contribution in [3.05, 3.63) is 28.8 Å². The second-order valence-corrected chi connectivity index (χ2v) is 9.09. The second-order valence-electron chi connectivity index (χ2n) is 8.65. The first-order valence-corrected chi connectivity index (χ1v) is 10.5. The molecule has 0 bridgehead atoms. The summed E-state index contributed by atoms with van der Waals surface area (Å²) < 4.78 is 5.94. The highest BCUT2D eigenvalue weighted by atomic mass is 35.5. The highest BCUT2D eigenvalue weighted by Crippen LogP contribution is 2.33. The molecule has 0 unspecified atom stereocenters. The number of halogens is 1. The van der Waals surface area contributed by atoms with E-state index in [2.05, 4.69) is 26.1 Å². The summed E-state index contributed by atoms with van der Waals surface area (Å²) in [5.74, 6) is -0.0894. The van der Waals surface area contributed by atoms with Crippen molar-refractivity contribution in [3.63, 3.8) is 0 Å². The summed E-state index contributed by atoms with van der Waals surface area (Å²) in [6.07, 6.45) is 4.81. The van der Waals surface area contributed by atoms with Crippen LogP contribution in [0.25, 0.3) is 0 Å². The minimum absolute atomic E-state index is 0.0423. The van der Waals surface area contributed by atoms with E-state index in [1.807, 2.05) is 18.2 Å². The van der Waals surface area contributed by atoms with Gasteiger partial charge in [-0.05, 0) is 62.1 Å². The van der Waals surface area contributed by atoms with E-state index in [0.29, 0.717) is 30.9 Å². The van der Waals surface area contributed by atoms with Crippen LogP contribution in [0.4, 0.5) is 0 Å². The third-order valence-corrected chi connectivity index (χ3v) is 5.48. The van der Waals surface area contributed by atoms with Crippen LogP contribution in [-0.2, 0) is 15.0 Å². The highest BCUT2D eigenvalue weighted by molar-refractivity contribution is 6.30. The van der Waals surface area contributed by atoms with Gasteiger partial charge in [-0.2, -0.15) is 0 Å². The number of benzene rings is 1. The molecule has 0 saturated heterocycles. The Hall–Kier alpha value is -1.75. The summed E-state index contributed by atoms with van der Waals surface area (Å²) in [6, 6.07) is 5.80. The van der Waals surface area contributed by atoms with Gasteiger partial charge in [0.1, 0.15) is 5.75 Å². The van der Waals surface area contributed by atoms with Crippen molar-refractivity contribution in [1.29, 1.82) is 0 Å². The third-order valence-electron chi connectivity index (χ3n) is 5.25. The summed E-state index contributed by atoms with van der Waals surface area (Å²) in [6.45, 7) is 6.93. The van der Waals surface area contributed by atoms with Gasteiger partial charge in [-0.1, -0.05) is 32.4 Å². The zero-order chi connectivity index (χ0) is 20.7. The van der Waals surface area contributed by atoms with Crippen LogP contribution in [-0.4, -0.2) is 29.6 Å². The zero-order valence-electron chi connectivity index (χ0n) is 17.1. The first-order valence-electron chi connectivity index (χ1n) is 10.1. The Labute approximate surface area is 172 Å². The van der Waals surface area contributed by atoms with Gasteiger partial charge < -0.3 is 15.2 Å². The average Bonchev–Trinajstić information content (AvgIpc) is 2.62. The van der Waals surface area contributed by atoms with Crippen molar-refractivity contribution in [2.24, 2.45) is 5.92 Å². The topological polar surface area (TPSA) is 75.6 Å². The summed E-state index contributed by atoms with van der Waals surface area (Å²) in [5, 5.41) is 12.8. The Kier molecular flexibility index (Phi) is 8.17. The lowest BCUT2D eigenvalue weighted by Gasteiger charge is -2.26. The largest absolute Gasteiger partial charge is 0.493 e. The van der Waals surface area contributed by atoms with E-state index in [9.17, 15) is 9.59 Å². The number of rotatable bonds is 8. The summed E-state index contributed by atoms with van der Waals surface area (Å²) in [5.41, 5.74) is 1.02. The molecule has 0 aromatic heterocycles. The molecule has 0 atom stereocenters. The Bertz CT molecular complexity index is 676. The van der Waals surface area contributed by atoms with E-state index in [4.69, 9.17) is 21.4 Å². The Morgan fingerprint density at radius 3 is 2.46 bits per heavy atom. The Balaban J connectivity index is 1.67. The van der Waals surface area contributed by atoms with Crippen molar-refractivity contribution in [1.82, 2.24) is 5.32 Å². The predicted octanol–water partition coefficient (Wildman–Crippen LogP) is 4.95. The molecular weight excluding hydrogens is 378 g/mol. The summed E-state index contributed by atoms with van der Waals surface area (Å²) in [4.78, 5) is 23.1. The number of ether oxygens (including phenoxy) is 1. The molecule has 0 aliphatic heterocycles. The van der Waals surface area contributed by atoms with Gasteiger partial charge in [-0.3, -0.25) is 9.59 Å². The molecule has 28 heavy (non-hydrogen) atoms. The first kappa shape index (κ1) is 22.5. The van der Waals surface area contributed by atoms with Gasteiger partial charge in [0.25, 0.3) is 0 Å². The smallest absolute Gasteiger partial charge is 0.306 e. The monoisotopic (exact) mass is 409 g/mol. The summed E-state index contributed by atoms with van der Waals surface area (Å²) in [7, 11) is 0. The van der Waals surface area contributed by atoms with Crippen LogP contribution in [0.15, 0.2) is 18.2 Å². The molecule has 1 aromatic carbocycles. The van der Waals surface area contributed by atoms with Crippen molar-refractivity contribution in [3.8, 4) is 5.75 Å². The molecule has 5 nitrogen and oxygen atoms in total. The molecule has 1 fully saturated rings. The Morgan fingerprint density at radius 2 is 1.86 bits per heavy atom. The van der Waals surface area contributed by atoms with E-state index in [1.54, 1.807) is 0 Å². The lowest BCUT2D eigenvalue weighted by Crippen LogP contribution is -2.38. The van der Waals surface area contributed by atoms with Crippen LogP contribution in [0.3, 0.4) is 0 Å². The fourth-order valence-corrected chi connectivity index (χ4v) is 3.74. The van der Waals surface area contributed by atoms with Crippen molar-refractivity contribution in [2.75, 3.05) is 6.61 Å². The van der Waals surface area contributed by atoms with Crippen LogP contribution < -0.4 is 10.1 Å². The molecule has 0 radical (unpaired) electrons. The molecule has 6 heteroatoms. The molecular formula is C22H32ClNO4. The van der Waals surface area contributed by atoms with Crippen molar-refractivity contribution in [2.45, 2.75) is 77.2 Å². The minimum Gasteiger partial charge on any atom is -0.493 e. The van der Waals surface area contributed by atoms with Gasteiger partial charge in [-0.15, -0.1) is 0 Å². The van der Waals surface area contributed by atoms with E-state index in [-0.39, 0.29) is 23.3 Å². The van der Waals surface area contributed by atoms with E-state index < -0.39 is 5.97 Å². The molecule has 0 heterocycles. The van der Waals surface area contributed by atoms with Crippen LogP contribution in [0.5, 0.6) is 5.75 Å². The van der Waals surface area contributed by atoms with E-state index in [0.717, 1.165) is 37.0 Å². The number of aliphatic carboxylic acids is 1.